The molecule has 1 aromatic carbocycles. The number of anilines is 1. The molecule has 1 fully saturated rings. The maximum atomic E-state index is 12.6. The molecular formula is C20H28F3N3O3. The van der Waals surface area contributed by atoms with Crippen LogP contribution in [0.2, 0.25) is 0 Å². The van der Waals surface area contributed by atoms with Crippen LogP contribution in [0, 0.1) is 5.92 Å². The third-order valence-corrected chi connectivity index (χ3v) is 4.50. The second-order valence-corrected chi connectivity index (χ2v) is 8.23. The number of benzene rings is 1. The zero-order chi connectivity index (χ0) is 21.7. The van der Waals surface area contributed by atoms with Crippen molar-refractivity contribution in [2.24, 2.45) is 5.92 Å². The third kappa shape index (κ3) is 8.31. The normalized spacial score (nSPS) is 16.3. The molecule has 2 N–H and O–H groups in total. The summed E-state index contributed by atoms with van der Waals surface area (Å²) >= 11 is 0. The number of likely N-dealkylation sites (tertiary alicyclic amines) is 1. The van der Waals surface area contributed by atoms with Crippen LogP contribution in [-0.2, 0) is 15.7 Å². The third-order valence-electron chi connectivity index (χ3n) is 4.50. The van der Waals surface area contributed by atoms with Gasteiger partial charge in [-0.25, -0.2) is 4.79 Å². The summed E-state index contributed by atoms with van der Waals surface area (Å²) in [6.07, 6.45) is -3.16. The minimum Gasteiger partial charge on any atom is -0.444 e. The van der Waals surface area contributed by atoms with Crippen molar-refractivity contribution < 1.29 is 27.5 Å². The van der Waals surface area contributed by atoms with E-state index < -0.39 is 23.4 Å². The van der Waals surface area contributed by atoms with E-state index >= 15 is 0 Å². The zero-order valence-corrected chi connectivity index (χ0v) is 16.9. The van der Waals surface area contributed by atoms with E-state index in [2.05, 4.69) is 10.6 Å². The highest BCUT2D eigenvalue weighted by molar-refractivity contribution is 5.92. The molecule has 162 valence electrons. The molecule has 2 amide bonds. The maximum Gasteiger partial charge on any atom is 0.416 e. The van der Waals surface area contributed by atoms with E-state index in [4.69, 9.17) is 4.74 Å². The number of halogens is 3. The van der Waals surface area contributed by atoms with Crippen LogP contribution in [0.25, 0.3) is 0 Å². The molecule has 1 aromatic rings. The lowest BCUT2D eigenvalue weighted by Gasteiger charge is -2.31. The second-order valence-electron chi connectivity index (χ2n) is 8.23. The first-order valence-corrected chi connectivity index (χ1v) is 9.59. The van der Waals surface area contributed by atoms with Gasteiger partial charge in [0.25, 0.3) is 0 Å². The van der Waals surface area contributed by atoms with Crippen LogP contribution < -0.4 is 10.6 Å². The van der Waals surface area contributed by atoms with E-state index in [0.717, 1.165) is 25.0 Å². The van der Waals surface area contributed by atoms with Gasteiger partial charge in [-0.05, 0) is 76.9 Å². The first-order valence-electron chi connectivity index (χ1n) is 9.59. The molecule has 9 heteroatoms. The van der Waals surface area contributed by atoms with Crippen molar-refractivity contribution in [1.82, 2.24) is 10.2 Å². The molecule has 0 aromatic heterocycles. The molecule has 0 spiro atoms. The molecule has 6 nitrogen and oxygen atoms in total. The fraction of sp³-hybridized carbons (Fsp3) is 0.600. The number of alkyl carbamates (subject to hydrolysis) is 1. The van der Waals surface area contributed by atoms with Crippen molar-refractivity contribution in [2.45, 2.75) is 45.4 Å². The Bertz CT molecular complexity index is 692. The van der Waals surface area contributed by atoms with Gasteiger partial charge in [-0.1, -0.05) is 0 Å². The molecular weight excluding hydrogens is 387 g/mol. The van der Waals surface area contributed by atoms with Crippen LogP contribution >= 0.6 is 0 Å². The van der Waals surface area contributed by atoms with E-state index in [1.54, 1.807) is 20.8 Å². The van der Waals surface area contributed by atoms with E-state index in [0.29, 0.717) is 31.2 Å². The molecule has 0 aliphatic carbocycles. The lowest BCUT2D eigenvalue weighted by atomic mass is 9.97. The van der Waals surface area contributed by atoms with Crippen molar-refractivity contribution in [2.75, 3.05) is 31.5 Å². The molecule has 29 heavy (non-hydrogen) atoms. The Kier molecular flexibility index (Phi) is 7.51. The predicted octanol–water partition coefficient (Wildman–Crippen LogP) is 3.88. The molecule has 1 heterocycles. The summed E-state index contributed by atoms with van der Waals surface area (Å²) in [5, 5.41) is 5.39. The number of carbonyl (C=O) groups excluding carboxylic acids is 2. The van der Waals surface area contributed by atoms with Crippen LogP contribution in [0.4, 0.5) is 23.7 Å². The van der Waals surface area contributed by atoms with Gasteiger partial charge in [-0.15, -0.1) is 0 Å². The number of amides is 2. The average molecular weight is 415 g/mol. The molecule has 0 unspecified atom stereocenters. The van der Waals surface area contributed by atoms with Gasteiger partial charge in [0.05, 0.1) is 12.1 Å². The van der Waals surface area contributed by atoms with Crippen molar-refractivity contribution in [1.29, 1.82) is 0 Å². The number of hydrogen-bond donors (Lipinski definition) is 2. The highest BCUT2D eigenvalue weighted by Gasteiger charge is 2.30. The summed E-state index contributed by atoms with van der Waals surface area (Å²) in [7, 11) is 0. The fourth-order valence-electron chi connectivity index (χ4n) is 3.04. The summed E-state index contributed by atoms with van der Waals surface area (Å²) in [5.74, 6) is 0.0480. The number of alkyl halides is 3. The van der Waals surface area contributed by atoms with Gasteiger partial charge in [0, 0.05) is 12.2 Å². The minimum atomic E-state index is -4.40. The lowest BCUT2D eigenvalue weighted by molar-refractivity contribution is -0.137. The Morgan fingerprint density at radius 3 is 2.21 bits per heavy atom. The van der Waals surface area contributed by atoms with Crippen molar-refractivity contribution in [3.05, 3.63) is 29.8 Å². The Morgan fingerprint density at radius 1 is 1.10 bits per heavy atom. The van der Waals surface area contributed by atoms with E-state index in [-0.39, 0.29) is 12.5 Å². The van der Waals surface area contributed by atoms with Gasteiger partial charge in [-0.3, -0.25) is 9.69 Å². The monoisotopic (exact) mass is 415 g/mol. The summed E-state index contributed by atoms with van der Waals surface area (Å²) in [6, 6.07) is 4.38. The van der Waals surface area contributed by atoms with Gasteiger partial charge < -0.3 is 15.4 Å². The molecule has 0 atom stereocenters. The van der Waals surface area contributed by atoms with Crippen LogP contribution in [0.5, 0.6) is 0 Å². The lowest BCUT2D eigenvalue weighted by Crippen LogP contribution is -2.42. The molecule has 1 saturated heterocycles. The zero-order valence-electron chi connectivity index (χ0n) is 16.9. The highest BCUT2D eigenvalue weighted by atomic mass is 19.4. The Hall–Kier alpha value is -2.29. The number of ether oxygens (including phenoxy) is 1. The molecule has 0 saturated carbocycles. The fourth-order valence-corrected chi connectivity index (χ4v) is 3.04. The smallest absolute Gasteiger partial charge is 0.416 e. The maximum absolute atomic E-state index is 12.6. The van der Waals surface area contributed by atoms with Gasteiger partial charge >= 0.3 is 12.3 Å². The largest absolute Gasteiger partial charge is 0.444 e. The van der Waals surface area contributed by atoms with Crippen LogP contribution in [-0.4, -0.2) is 48.7 Å². The van der Waals surface area contributed by atoms with Crippen LogP contribution in [0.3, 0.4) is 0 Å². The summed E-state index contributed by atoms with van der Waals surface area (Å²) in [4.78, 5) is 25.8. The van der Waals surface area contributed by atoms with E-state index in [9.17, 15) is 22.8 Å². The van der Waals surface area contributed by atoms with Crippen molar-refractivity contribution in [3.63, 3.8) is 0 Å². The quantitative estimate of drug-likeness (QED) is 0.766. The second kappa shape index (κ2) is 9.47. The molecule has 0 radical (unpaired) electrons. The molecule has 1 aliphatic rings. The van der Waals surface area contributed by atoms with Crippen molar-refractivity contribution in [3.8, 4) is 0 Å². The number of carbonyl (C=O) groups is 2. The highest BCUT2D eigenvalue weighted by Crippen LogP contribution is 2.29. The van der Waals surface area contributed by atoms with Gasteiger partial charge in [-0.2, -0.15) is 13.2 Å². The van der Waals surface area contributed by atoms with Crippen LogP contribution in [0.1, 0.15) is 39.2 Å². The Morgan fingerprint density at radius 2 is 1.69 bits per heavy atom. The summed E-state index contributed by atoms with van der Waals surface area (Å²) in [6.45, 7) is 7.54. The number of nitrogens with one attached hydrogen (secondary N) is 2. The van der Waals surface area contributed by atoms with E-state index in [1.807, 2.05) is 4.90 Å². The molecule has 0 bridgehead atoms. The summed E-state index contributed by atoms with van der Waals surface area (Å²) in [5.41, 5.74) is -0.953. The molecule has 2 rings (SSSR count). The SMILES string of the molecule is CC(C)(C)OC(=O)NCC1CCN(CC(=O)Nc2ccc(C(F)(F)F)cc2)CC1. The Balaban J connectivity index is 1.69. The average Bonchev–Trinajstić information content (AvgIpc) is 2.59. The van der Waals surface area contributed by atoms with Crippen LogP contribution in [0.15, 0.2) is 24.3 Å². The van der Waals surface area contributed by atoms with Gasteiger partial charge in [0.2, 0.25) is 5.91 Å². The number of hydrogen-bond acceptors (Lipinski definition) is 4. The predicted molar refractivity (Wildman–Crippen MR) is 103 cm³/mol. The first-order chi connectivity index (χ1) is 13.4. The first kappa shape index (κ1) is 23.0. The topological polar surface area (TPSA) is 70.7 Å². The minimum absolute atomic E-state index is 0.174. The number of piperidine rings is 1. The van der Waals surface area contributed by atoms with Gasteiger partial charge in [0.15, 0.2) is 0 Å². The number of rotatable bonds is 5. The summed E-state index contributed by atoms with van der Waals surface area (Å²) < 4.78 is 42.9. The Labute approximate surface area is 168 Å². The molecule has 1 aliphatic heterocycles. The standard InChI is InChI=1S/C20H28F3N3O3/c1-19(2,3)29-18(28)24-12-14-8-10-26(11-9-14)13-17(27)25-16-6-4-15(5-7-16)20(21,22)23/h4-7,14H,8-13H2,1-3H3,(H,24,28)(H,25,27). The van der Waals surface area contributed by atoms with Gasteiger partial charge in [0.1, 0.15) is 5.60 Å². The number of nitrogens with zero attached hydrogens (tertiary/aromatic N) is 1. The van der Waals surface area contributed by atoms with E-state index in [1.165, 1.54) is 12.1 Å². The van der Waals surface area contributed by atoms with Crippen molar-refractivity contribution >= 4 is 17.7 Å².